The van der Waals surface area contributed by atoms with E-state index in [1.54, 1.807) is 0 Å². The van der Waals surface area contributed by atoms with E-state index in [1.807, 2.05) is 12.1 Å². The highest BCUT2D eigenvalue weighted by atomic mass is 16.5. The van der Waals surface area contributed by atoms with E-state index in [2.05, 4.69) is 39.8 Å². The molecular formula is C17H28O2. The molecule has 0 aliphatic rings. The quantitative estimate of drug-likeness (QED) is 0.709. The summed E-state index contributed by atoms with van der Waals surface area (Å²) in [5.74, 6) is 1.25. The molecule has 0 spiro atoms. The number of hydrogen-bond acceptors (Lipinski definition) is 2. The van der Waals surface area contributed by atoms with Crippen LogP contribution in [0.5, 0.6) is 0 Å². The molecule has 19 heavy (non-hydrogen) atoms. The number of ether oxygens (including phenoxy) is 1. The van der Waals surface area contributed by atoms with Crippen molar-refractivity contribution in [3.05, 3.63) is 35.4 Å². The van der Waals surface area contributed by atoms with E-state index in [0.717, 1.165) is 24.5 Å². The smallest absolute Gasteiger partial charge is 0.102 e. The maximum absolute atomic E-state index is 10.0. The Morgan fingerprint density at radius 3 is 2.11 bits per heavy atom. The molecule has 0 saturated carbocycles. The van der Waals surface area contributed by atoms with E-state index in [4.69, 9.17) is 4.74 Å². The summed E-state index contributed by atoms with van der Waals surface area (Å²) in [7, 11) is 0. The highest BCUT2D eigenvalue weighted by Crippen LogP contribution is 2.19. The van der Waals surface area contributed by atoms with Gasteiger partial charge in [0.05, 0.1) is 6.61 Å². The molecule has 1 unspecified atom stereocenters. The summed E-state index contributed by atoms with van der Waals surface area (Å²) in [6.45, 7) is 9.89. The topological polar surface area (TPSA) is 29.5 Å². The number of benzene rings is 1. The van der Waals surface area contributed by atoms with Crippen molar-refractivity contribution >= 4 is 0 Å². The van der Waals surface area contributed by atoms with Crippen molar-refractivity contribution in [2.75, 3.05) is 13.2 Å². The summed E-state index contributed by atoms with van der Waals surface area (Å²) in [5.41, 5.74) is 2.24. The van der Waals surface area contributed by atoms with Crippen molar-refractivity contribution < 1.29 is 9.84 Å². The van der Waals surface area contributed by atoms with Gasteiger partial charge in [-0.2, -0.15) is 0 Å². The van der Waals surface area contributed by atoms with Crippen molar-refractivity contribution in [3.63, 3.8) is 0 Å². The van der Waals surface area contributed by atoms with Crippen LogP contribution in [-0.4, -0.2) is 18.3 Å². The lowest BCUT2D eigenvalue weighted by Gasteiger charge is -2.13. The Kier molecular flexibility index (Phi) is 7.11. The van der Waals surface area contributed by atoms with Crippen LogP contribution in [0.1, 0.15) is 63.7 Å². The standard InChI is InChI=1S/C17H28O2/c1-13(2)6-5-11-19-12-17(18)16-9-7-15(8-10-16)14(3)4/h7-10,13-14,17-18H,5-6,11-12H2,1-4H3. The zero-order valence-corrected chi connectivity index (χ0v) is 12.7. The van der Waals surface area contributed by atoms with E-state index in [0.29, 0.717) is 12.5 Å². The highest BCUT2D eigenvalue weighted by molar-refractivity contribution is 5.26. The number of aliphatic hydroxyl groups is 1. The Labute approximate surface area is 117 Å². The highest BCUT2D eigenvalue weighted by Gasteiger charge is 2.08. The molecule has 1 aromatic rings. The van der Waals surface area contributed by atoms with E-state index in [1.165, 1.54) is 12.0 Å². The lowest BCUT2D eigenvalue weighted by molar-refractivity contribution is 0.0338. The Balaban J connectivity index is 2.31. The van der Waals surface area contributed by atoms with Gasteiger partial charge in [0, 0.05) is 6.61 Å². The molecule has 0 saturated heterocycles. The molecule has 1 rings (SSSR count). The lowest BCUT2D eigenvalue weighted by Crippen LogP contribution is -2.08. The molecule has 1 N–H and O–H groups in total. The van der Waals surface area contributed by atoms with Crippen molar-refractivity contribution in [1.82, 2.24) is 0 Å². The van der Waals surface area contributed by atoms with Crippen LogP contribution in [0, 0.1) is 5.92 Å². The predicted molar refractivity (Wildman–Crippen MR) is 80.4 cm³/mol. The minimum absolute atomic E-state index is 0.388. The Morgan fingerprint density at radius 1 is 1.00 bits per heavy atom. The van der Waals surface area contributed by atoms with E-state index in [-0.39, 0.29) is 0 Å². The van der Waals surface area contributed by atoms with Crippen molar-refractivity contribution in [1.29, 1.82) is 0 Å². The summed E-state index contributed by atoms with van der Waals surface area (Å²) >= 11 is 0. The minimum atomic E-state index is -0.514. The van der Waals surface area contributed by atoms with Gasteiger partial charge in [0.15, 0.2) is 0 Å². The number of aliphatic hydroxyl groups excluding tert-OH is 1. The molecule has 2 heteroatoms. The summed E-state index contributed by atoms with van der Waals surface area (Å²) in [6, 6.07) is 8.17. The van der Waals surface area contributed by atoms with Gasteiger partial charge in [-0.25, -0.2) is 0 Å². The lowest BCUT2D eigenvalue weighted by atomic mass is 10.0. The molecule has 0 bridgehead atoms. The van der Waals surface area contributed by atoms with Gasteiger partial charge in [0.1, 0.15) is 6.10 Å². The summed E-state index contributed by atoms with van der Waals surface area (Å²) < 4.78 is 5.53. The molecular weight excluding hydrogens is 236 g/mol. The summed E-state index contributed by atoms with van der Waals surface area (Å²) in [6.07, 6.45) is 1.73. The van der Waals surface area contributed by atoms with Gasteiger partial charge in [0.25, 0.3) is 0 Å². The molecule has 0 heterocycles. The Morgan fingerprint density at radius 2 is 1.58 bits per heavy atom. The van der Waals surface area contributed by atoms with Crippen LogP contribution < -0.4 is 0 Å². The van der Waals surface area contributed by atoms with Crippen LogP contribution in [0.25, 0.3) is 0 Å². The fraction of sp³-hybridized carbons (Fsp3) is 0.647. The number of hydrogen-bond donors (Lipinski definition) is 1. The maximum atomic E-state index is 10.0. The van der Waals surface area contributed by atoms with Gasteiger partial charge in [-0.15, -0.1) is 0 Å². The van der Waals surface area contributed by atoms with E-state index < -0.39 is 6.10 Å². The predicted octanol–water partition coefficient (Wildman–Crippen LogP) is 4.30. The molecule has 0 aliphatic carbocycles. The SMILES string of the molecule is CC(C)CCCOCC(O)c1ccc(C(C)C)cc1. The van der Waals surface area contributed by atoms with Gasteiger partial charge >= 0.3 is 0 Å². The monoisotopic (exact) mass is 264 g/mol. The van der Waals surface area contributed by atoms with Gasteiger partial charge in [-0.1, -0.05) is 52.0 Å². The molecule has 0 aromatic heterocycles. The van der Waals surface area contributed by atoms with Crippen LogP contribution in [0.15, 0.2) is 24.3 Å². The van der Waals surface area contributed by atoms with Crippen LogP contribution in [0.2, 0.25) is 0 Å². The van der Waals surface area contributed by atoms with Crippen molar-refractivity contribution in [3.8, 4) is 0 Å². The van der Waals surface area contributed by atoms with Gasteiger partial charge in [0.2, 0.25) is 0 Å². The summed E-state index contributed by atoms with van der Waals surface area (Å²) in [5, 5.41) is 10.0. The molecule has 0 fully saturated rings. The second-order valence-electron chi connectivity index (χ2n) is 5.95. The molecule has 1 atom stereocenters. The third-order valence-electron chi connectivity index (χ3n) is 3.33. The summed E-state index contributed by atoms with van der Waals surface area (Å²) in [4.78, 5) is 0. The first-order chi connectivity index (χ1) is 9.00. The largest absolute Gasteiger partial charge is 0.386 e. The third-order valence-corrected chi connectivity index (χ3v) is 3.33. The second-order valence-corrected chi connectivity index (χ2v) is 5.95. The second kappa shape index (κ2) is 8.34. The van der Waals surface area contributed by atoms with Crippen molar-refractivity contribution in [2.45, 2.75) is 52.6 Å². The van der Waals surface area contributed by atoms with E-state index in [9.17, 15) is 5.11 Å². The first-order valence-electron chi connectivity index (χ1n) is 7.36. The first-order valence-corrected chi connectivity index (χ1v) is 7.36. The van der Waals surface area contributed by atoms with Crippen LogP contribution in [0.3, 0.4) is 0 Å². The number of rotatable bonds is 8. The van der Waals surface area contributed by atoms with Gasteiger partial charge in [-0.3, -0.25) is 0 Å². The molecule has 2 nitrogen and oxygen atoms in total. The molecule has 1 aromatic carbocycles. The first kappa shape index (κ1) is 16.2. The average molecular weight is 264 g/mol. The zero-order valence-electron chi connectivity index (χ0n) is 12.7. The molecule has 0 aliphatic heterocycles. The van der Waals surface area contributed by atoms with Gasteiger partial charge in [-0.05, 0) is 35.8 Å². The van der Waals surface area contributed by atoms with Crippen LogP contribution in [-0.2, 0) is 4.74 Å². The Bertz CT molecular complexity index is 341. The fourth-order valence-corrected chi connectivity index (χ4v) is 1.99. The fourth-order valence-electron chi connectivity index (χ4n) is 1.99. The van der Waals surface area contributed by atoms with E-state index >= 15 is 0 Å². The van der Waals surface area contributed by atoms with Crippen LogP contribution >= 0.6 is 0 Å². The molecule has 0 radical (unpaired) electrons. The average Bonchev–Trinajstić information content (AvgIpc) is 2.37. The minimum Gasteiger partial charge on any atom is -0.386 e. The normalized spacial score (nSPS) is 13.2. The maximum Gasteiger partial charge on any atom is 0.102 e. The zero-order chi connectivity index (χ0) is 14.3. The molecule has 0 amide bonds. The Hall–Kier alpha value is -0.860. The third kappa shape index (κ3) is 6.22. The van der Waals surface area contributed by atoms with Crippen molar-refractivity contribution in [2.24, 2.45) is 5.92 Å². The van der Waals surface area contributed by atoms with Crippen LogP contribution in [0.4, 0.5) is 0 Å². The molecule has 108 valence electrons. The van der Waals surface area contributed by atoms with Gasteiger partial charge < -0.3 is 9.84 Å².